The minimum Gasteiger partial charge on any atom is -0.497 e. The molecule has 1 atom stereocenters. The maximum atomic E-state index is 13.4. The number of nitrogens with zero attached hydrogens (tertiary/aromatic N) is 4. The molecule has 0 radical (unpaired) electrons. The molecule has 1 aromatic heterocycles. The van der Waals surface area contributed by atoms with Crippen LogP contribution in [-0.4, -0.2) is 114 Å². The second kappa shape index (κ2) is 15.3. The number of methoxy groups -OCH3 is 1. The van der Waals surface area contributed by atoms with Crippen molar-refractivity contribution in [1.29, 1.82) is 0 Å². The lowest BCUT2D eigenvalue weighted by molar-refractivity contribution is -0.145. The Balaban J connectivity index is 1.81. The lowest BCUT2D eigenvalue weighted by Crippen LogP contribution is -2.56. The average Bonchev–Trinajstić information content (AvgIpc) is 3.42. The molecule has 15 heteroatoms. The highest BCUT2D eigenvalue weighted by atomic mass is 16.6. The van der Waals surface area contributed by atoms with Crippen molar-refractivity contribution in [3.8, 4) is 17.3 Å². The summed E-state index contributed by atoms with van der Waals surface area (Å²) in [6, 6.07) is 6.86. The standard InChI is InChI=1S/C27H35N5O10/c1-4-40-24(35)17-42-22-16-21(29-32(22)18-7-6-8-19(15-18)39-3)25(36)28-20(9-10-23(33)34)26(37)30-11-13-31(14-12-30)27(38)41-5-2/h6-8,15-16,20H,4-5,9-14,17H2,1-3H3,(H,28,36)(H,33,34)/t20-/m0/s1. The van der Waals surface area contributed by atoms with Gasteiger partial charge in [-0.15, -0.1) is 0 Å². The zero-order chi connectivity index (χ0) is 30.6. The number of aliphatic carboxylic acids is 1. The van der Waals surface area contributed by atoms with Crippen molar-refractivity contribution >= 4 is 29.8 Å². The molecule has 228 valence electrons. The molecule has 2 N–H and O–H groups in total. The summed E-state index contributed by atoms with van der Waals surface area (Å²) in [5, 5.41) is 16.1. The summed E-state index contributed by atoms with van der Waals surface area (Å²) in [7, 11) is 1.49. The number of piperazine rings is 1. The molecular weight excluding hydrogens is 554 g/mol. The van der Waals surface area contributed by atoms with Gasteiger partial charge in [0.25, 0.3) is 5.91 Å². The summed E-state index contributed by atoms with van der Waals surface area (Å²) in [5.41, 5.74) is 0.321. The van der Waals surface area contributed by atoms with Crippen molar-refractivity contribution in [1.82, 2.24) is 24.9 Å². The van der Waals surface area contributed by atoms with Crippen LogP contribution in [0.4, 0.5) is 4.79 Å². The van der Waals surface area contributed by atoms with E-state index in [0.29, 0.717) is 11.4 Å². The van der Waals surface area contributed by atoms with Gasteiger partial charge >= 0.3 is 18.0 Å². The molecule has 0 saturated carbocycles. The molecule has 42 heavy (non-hydrogen) atoms. The zero-order valence-electron chi connectivity index (χ0n) is 23.7. The summed E-state index contributed by atoms with van der Waals surface area (Å²) in [5.74, 6) is -2.45. The van der Waals surface area contributed by atoms with E-state index in [2.05, 4.69) is 10.4 Å². The van der Waals surface area contributed by atoms with Gasteiger partial charge < -0.3 is 39.2 Å². The second-order valence-electron chi connectivity index (χ2n) is 9.04. The van der Waals surface area contributed by atoms with E-state index in [9.17, 15) is 29.1 Å². The topological polar surface area (TPSA) is 179 Å². The molecule has 3 amide bonds. The minimum absolute atomic E-state index is 0.0463. The van der Waals surface area contributed by atoms with Crippen molar-refractivity contribution in [2.75, 3.05) is 53.1 Å². The number of hydrogen-bond donors (Lipinski definition) is 2. The van der Waals surface area contributed by atoms with E-state index in [1.807, 2.05) is 0 Å². The number of benzene rings is 1. The van der Waals surface area contributed by atoms with Gasteiger partial charge in [0, 0.05) is 44.7 Å². The quantitative estimate of drug-likeness (QED) is 0.319. The lowest BCUT2D eigenvalue weighted by Gasteiger charge is -2.35. The first-order chi connectivity index (χ1) is 20.2. The fourth-order valence-corrected chi connectivity index (χ4v) is 4.14. The smallest absolute Gasteiger partial charge is 0.409 e. The molecule has 1 aliphatic rings. The minimum atomic E-state index is -1.17. The summed E-state index contributed by atoms with van der Waals surface area (Å²) in [4.78, 5) is 64.8. The molecule has 1 aliphatic heterocycles. The molecule has 0 aliphatic carbocycles. The van der Waals surface area contributed by atoms with Gasteiger partial charge in [-0.05, 0) is 32.4 Å². The molecule has 0 unspecified atom stereocenters. The predicted molar refractivity (Wildman–Crippen MR) is 146 cm³/mol. The number of carbonyl (C=O) groups excluding carboxylic acids is 4. The van der Waals surface area contributed by atoms with Crippen LogP contribution in [0.3, 0.4) is 0 Å². The van der Waals surface area contributed by atoms with E-state index in [-0.39, 0.29) is 63.8 Å². The number of carboxylic acids is 1. The SMILES string of the molecule is CCOC(=O)COc1cc(C(=O)N[C@@H](CCC(=O)O)C(=O)N2CCN(C(=O)OCC)CC2)nn1-c1cccc(OC)c1. The van der Waals surface area contributed by atoms with Crippen LogP contribution < -0.4 is 14.8 Å². The van der Waals surface area contributed by atoms with Crippen LogP contribution in [0.5, 0.6) is 11.6 Å². The van der Waals surface area contributed by atoms with E-state index in [0.717, 1.165) is 0 Å². The molecule has 2 heterocycles. The average molecular weight is 590 g/mol. The first-order valence-corrected chi connectivity index (χ1v) is 13.4. The number of rotatable bonds is 13. The lowest BCUT2D eigenvalue weighted by atomic mass is 10.1. The van der Waals surface area contributed by atoms with Gasteiger partial charge in [-0.3, -0.25) is 14.4 Å². The van der Waals surface area contributed by atoms with Crippen LogP contribution in [0.15, 0.2) is 30.3 Å². The fraction of sp³-hybridized carbons (Fsp3) is 0.481. The van der Waals surface area contributed by atoms with Crippen molar-refractivity contribution in [2.45, 2.75) is 32.7 Å². The monoisotopic (exact) mass is 589 g/mol. The fourth-order valence-electron chi connectivity index (χ4n) is 4.14. The maximum Gasteiger partial charge on any atom is 0.409 e. The summed E-state index contributed by atoms with van der Waals surface area (Å²) in [6.07, 6.45) is -1.01. The van der Waals surface area contributed by atoms with Crippen molar-refractivity contribution in [2.24, 2.45) is 0 Å². The molecule has 3 rings (SSSR count). The Bertz CT molecular complexity index is 1270. The van der Waals surface area contributed by atoms with Crippen molar-refractivity contribution in [3.63, 3.8) is 0 Å². The Morgan fingerprint density at radius 3 is 2.33 bits per heavy atom. The highest BCUT2D eigenvalue weighted by molar-refractivity contribution is 5.96. The van der Waals surface area contributed by atoms with Crippen LogP contribution >= 0.6 is 0 Å². The number of nitrogens with one attached hydrogen (secondary N) is 1. The third-order valence-corrected chi connectivity index (χ3v) is 6.22. The zero-order valence-corrected chi connectivity index (χ0v) is 23.7. The molecule has 1 saturated heterocycles. The Morgan fingerprint density at radius 1 is 1.00 bits per heavy atom. The number of carbonyl (C=O) groups is 5. The van der Waals surface area contributed by atoms with Crippen LogP contribution in [0.1, 0.15) is 37.2 Å². The van der Waals surface area contributed by atoms with Crippen molar-refractivity contribution < 1.29 is 48.0 Å². The maximum absolute atomic E-state index is 13.4. The number of esters is 1. The molecular formula is C27H35N5O10. The van der Waals surface area contributed by atoms with Gasteiger partial charge in [0.15, 0.2) is 12.3 Å². The molecule has 1 aromatic carbocycles. The Morgan fingerprint density at radius 2 is 1.69 bits per heavy atom. The van der Waals surface area contributed by atoms with Crippen LogP contribution in [0, 0.1) is 0 Å². The van der Waals surface area contributed by atoms with Gasteiger partial charge in [0.1, 0.15) is 11.8 Å². The van der Waals surface area contributed by atoms with Crippen molar-refractivity contribution in [3.05, 3.63) is 36.0 Å². The van der Waals surface area contributed by atoms with E-state index >= 15 is 0 Å². The van der Waals surface area contributed by atoms with Gasteiger partial charge in [-0.2, -0.15) is 5.10 Å². The van der Waals surface area contributed by atoms with Crippen LogP contribution in [0.25, 0.3) is 5.69 Å². The van der Waals surface area contributed by atoms with Gasteiger partial charge in [-0.25, -0.2) is 14.3 Å². The summed E-state index contributed by atoms with van der Waals surface area (Å²) >= 11 is 0. The normalized spacial score (nSPS) is 13.6. The largest absolute Gasteiger partial charge is 0.497 e. The Labute approximate surface area is 242 Å². The van der Waals surface area contributed by atoms with Crippen LogP contribution in [0.2, 0.25) is 0 Å². The number of amides is 3. The predicted octanol–water partition coefficient (Wildman–Crippen LogP) is 1.09. The first kappa shape index (κ1) is 31.7. The number of hydrogen-bond acceptors (Lipinski definition) is 10. The number of ether oxygens (including phenoxy) is 4. The number of aromatic nitrogens is 2. The summed E-state index contributed by atoms with van der Waals surface area (Å²) in [6.45, 7) is 4.14. The highest BCUT2D eigenvalue weighted by Gasteiger charge is 2.31. The highest BCUT2D eigenvalue weighted by Crippen LogP contribution is 2.23. The number of carboxylic acid groups (broad SMARTS) is 1. The molecule has 1 fully saturated rings. The Hall–Kier alpha value is -4.82. The Kier molecular flexibility index (Phi) is 11.5. The molecule has 15 nitrogen and oxygen atoms in total. The van der Waals surface area contributed by atoms with E-state index in [4.69, 9.17) is 18.9 Å². The first-order valence-electron chi connectivity index (χ1n) is 13.4. The van der Waals surface area contributed by atoms with Gasteiger partial charge in [0.2, 0.25) is 11.8 Å². The molecule has 0 spiro atoms. The van der Waals surface area contributed by atoms with E-state index in [1.54, 1.807) is 38.1 Å². The second-order valence-corrected chi connectivity index (χ2v) is 9.04. The third-order valence-electron chi connectivity index (χ3n) is 6.22. The molecule has 0 bridgehead atoms. The van der Waals surface area contributed by atoms with Crippen LogP contribution in [-0.2, 0) is 23.9 Å². The molecule has 2 aromatic rings. The van der Waals surface area contributed by atoms with Gasteiger partial charge in [0.05, 0.1) is 26.0 Å². The van der Waals surface area contributed by atoms with E-state index < -0.39 is 42.5 Å². The summed E-state index contributed by atoms with van der Waals surface area (Å²) < 4.78 is 22.0. The van der Waals surface area contributed by atoms with Gasteiger partial charge in [-0.1, -0.05) is 6.07 Å². The third kappa shape index (κ3) is 8.59. The van der Waals surface area contributed by atoms with E-state index in [1.165, 1.54) is 27.7 Å².